The van der Waals surface area contributed by atoms with Crippen molar-refractivity contribution in [3.05, 3.63) is 88.6 Å². The van der Waals surface area contributed by atoms with Crippen molar-refractivity contribution in [2.45, 2.75) is 26.3 Å². The minimum Gasteiger partial charge on any atom is -0.481 e. The lowest BCUT2D eigenvalue weighted by Crippen LogP contribution is -2.11. The zero-order valence-corrected chi connectivity index (χ0v) is 20.6. The lowest BCUT2D eigenvalue weighted by Gasteiger charge is -2.20. The number of hydrogen-bond donors (Lipinski definition) is 1. The van der Waals surface area contributed by atoms with Gasteiger partial charge in [-0.1, -0.05) is 44.0 Å². The molecule has 2 aliphatic rings. The van der Waals surface area contributed by atoms with E-state index in [1.54, 1.807) is 12.1 Å². The first-order valence-electron chi connectivity index (χ1n) is 11.1. The Labute approximate surface area is 209 Å². The number of terminal acetylenes is 1. The molecule has 3 aromatic rings. The summed E-state index contributed by atoms with van der Waals surface area (Å²) in [5.41, 5.74) is 6.41. The molecule has 2 aromatic carbocycles. The molecule has 0 bridgehead atoms. The zero-order valence-electron chi connectivity index (χ0n) is 19.0. The van der Waals surface area contributed by atoms with Crippen molar-refractivity contribution in [1.82, 2.24) is 18.6 Å². The van der Waals surface area contributed by atoms with Crippen LogP contribution in [0.2, 0.25) is 0 Å². The summed E-state index contributed by atoms with van der Waals surface area (Å²) >= 11 is 7.34. The molecule has 0 atom stereocenters. The van der Waals surface area contributed by atoms with E-state index in [2.05, 4.69) is 76.0 Å². The fraction of sp³-hybridized carbons (Fsp3) is 0.185. The highest BCUT2D eigenvalue weighted by atomic mass is 32.2. The summed E-state index contributed by atoms with van der Waals surface area (Å²) < 4.78 is 13.6. The number of nitrogens with one attached hydrogen (secondary N) is 1. The first kappa shape index (κ1) is 22.3. The van der Waals surface area contributed by atoms with E-state index < -0.39 is 0 Å². The molecule has 0 radical (unpaired) electrons. The second-order valence-electron chi connectivity index (χ2n) is 8.42. The molecule has 0 spiro atoms. The van der Waals surface area contributed by atoms with E-state index in [4.69, 9.17) is 28.4 Å². The topological polar surface area (TPSA) is 42.3 Å². The molecule has 0 fully saturated rings. The molecule has 34 heavy (non-hydrogen) atoms. The Hall–Kier alpha value is -3.47. The number of benzene rings is 2. The number of allylic oxidation sites excluding steroid dienone is 3. The molecule has 5 nitrogen and oxygen atoms in total. The smallest absolute Gasteiger partial charge is 0.200 e. The average Bonchev–Trinajstić information content (AvgIpc) is 3.32. The molecule has 3 heterocycles. The van der Waals surface area contributed by atoms with Crippen molar-refractivity contribution in [3.63, 3.8) is 0 Å². The molecular weight excluding hydrogens is 460 g/mol. The number of aromatic nitrogens is 2. The van der Waals surface area contributed by atoms with Gasteiger partial charge in [0.05, 0.1) is 35.6 Å². The Morgan fingerprint density at radius 1 is 1.21 bits per heavy atom. The number of rotatable bonds is 6. The minimum atomic E-state index is 0.214. The van der Waals surface area contributed by atoms with Gasteiger partial charge in [0.2, 0.25) is 4.77 Å². The molecule has 1 N–H and O–H groups in total. The van der Waals surface area contributed by atoms with Crippen LogP contribution in [0.25, 0.3) is 22.2 Å². The van der Waals surface area contributed by atoms with Crippen LogP contribution in [-0.4, -0.2) is 20.5 Å². The van der Waals surface area contributed by atoms with Gasteiger partial charge < -0.3 is 14.0 Å². The maximum atomic E-state index is 5.80. The summed E-state index contributed by atoms with van der Waals surface area (Å²) in [4.78, 5) is 4.89. The Bertz CT molecular complexity index is 1440. The predicted octanol–water partition coefficient (Wildman–Crippen LogP) is 6.33. The third-order valence-electron chi connectivity index (χ3n) is 5.84. The van der Waals surface area contributed by atoms with E-state index >= 15 is 0 Å². The van der Waals surface area contributed by atoms with Crippen molar-refractivity contribution < 1.29 is 4.74 Å². The number of ether oxygens (including phenoxy) is 1. The van der Waals surface area contributed by atoms with Gasteiger partial charge in [0.25, 0.3) is 0 Å². The summed E-state index contributed by atoms with van der Waals surface area (Å²) in [5, 5.41) is 0.972. The summed E-state index contributed by atoms with van der Waals surface area (Å²) in [7, 11) is 0. The second kappa shape index (κ2) is 9.41. The van der Waals surface area contributed by atoms with Crippen LogP contribution in [0.4, 0.5) is 0 Å². The molecule has 1 aromatic heterocycles. The Balaban J connectivity index is 1.62. The third kappa shape index (κ3) is 4.35. The minimum absolute atomic E-state index is 0.214. The molecule has 170 valence electrons. The monoisotopic (exact) mass is 484 g/mol. The quantitative estimate of drug-likeness (QED) is 0.250. The summed E-state index contributed by atoms with van der Waals surface area (Å²) in [6.07, 6.45) is 13.7. The van der Waals surface area contributed by atoms with Crippen LogP contribution in [0.3, 0.4) is 0 Å². The Morgan fingerprint density at radius 2 is 2.03 bits per heavy atom. The van der Waals surface area contributed by atoms with Gasteiger partial charge in [0, 0.05) is 23.3 Å². The lowest BCUT2D eigenvalue weighted by molar-refractivity contribution is 0.371. The van der Waals surface area contributed by atoms with Crippen molar-refractivity contribution in [3.8, 4) is 29.4 Å². The van der Waals surface area contributed by atoms with Crippen LogP contribution in [0, 0.1) is 17.1 Å². The van der Waals surface area contributed by atoms with Crippen molar-refractivity contribution in [1.29, 1.82) is 0 Å². The maximum absolute atomic E-state index is 5.80. The van der Waals surface area contributed by atoms with Crippen molar-refractivity contribution in [2.75, 3.05) is 6.61 Å². The van der Waals surface area contributed by atoms with Crippen LogP contribution < -0.4 is 9.46 Å². The van der Waals surface area contributed by atoms with Gasteiger partial charge in [-0.15, -0.1) is 6.42 Å². The highest BCUT2D eigenvalue weighted by molar-refractivity contribution is 7.95. The molecule has 0 amide bonds. The van der Waals surface area contributed by atoms with Gasteiger partial charge in [-0.05, 0) is 59.6 Å². The van der Waals surface area contributed by atoms with E-state index in [0.717, 1.165) is 33.4 Å². The molecule has 2 aliphatic heterocycles. The average molecular weight is 485 g/mol. The maximum Gasteiger partial charge on any atom is 0.200 e. The third-order valence-corrected chi connectivity index (χ3v) is 6.90. The summed E-state index contributed by atoms with van der Waals surface area (Å²) in [6.45, 7) is 5.21. The van der Waals surface area contributed by atoms with Gasteiger partial charge in [-0.25, -0.2) is 4.98 Å². The van der Waals surface area contributed by atoms with Gasteiger partial charge in [-0.3, -0.25) is 4.31 Å². The fourth-order valence-electron chi connectivity index (χ4n) is 4.04. The highest BCUT2D eigenvalue weighted by Crippen LogP contribution is 2.33. The molecule has 0 unspecified atom stereocenters. The van der Waals surface area contributed by atoms with Crippen LogP contribution >= 0.6 is 24.4 Å². The van der Waals surface area contributed by atoms with Crippen molar-refractivity contribution in [2.24, 2.45) is 0 Å². The van der Waals surface area contributed by atoms with Gasteiger partial charge in [-0.2, -0.15) is 0 Å². The molecule has 0 aliphatic carbocycles. The first-order chi connectivity index (χ1) is 16.5. The van der Waals surface area contributed by atoms with E-state index in [0.29, 0.717) is 23.0 Å². The molecule has 5 rings (SSSR count). The number of hydrogen-bond acceptors (Lipinski definition) is 6. The second-order valence-corrected chi connectivity index (χ2v) is 9.59. The normalized spacial score (nSPS) is 14.5. The van der Waals surface area contributed by atoms with E-state index in [1.807, 2.05) is 24.4 Å². The largest absolute Gasteiger partial charge is 0.481 e. The Morgan fingerprint density at radius 3 is 2.79 bits per heavy atom. The van der Waals surface area contributed by atoms with Crippen LogP contribution in [-0.2, 0) is 6.54 Å². The molecule has 0 saturated carbocycles. The zero-order chi connectivity index (χ0) is 23.7. The van der Waals surface area contributed by atoms with Gasteiger partial charge in [0.1, 0.15) is 12.4 Å². The van der Waals surface area contributed by atoms with Crippen LogP contribution in [0.5, 0.6) is 5.75 Å². The fourth-order valence-corrected chi connectivity index (χ4v) is 4.91. The Kier molecular flexibility index (Phi) is 6.18. The lowest BCUT2D eigenvalue weighted by atomic mass is 9.99. The van der Waals surface area contributed by atoms with E-state index in [-0.39, 0.29) is 6.61 Å². The first-order valence-corrected chi connectivity index (χ1v) is 12.2. The van der Waals surface area contributed by atoms with Crippen molar-refractivity contribution >= 4 is 35.3 Å². The summed E-state index contributed by atoms with van der Waals surface area (Å²) in [6, 6.07) is 14.5. The summed E-state index contributed by atoms with van der Waals surface area (Å²) in [5.74, 6) is 3.70. The predicted molar refractivity (Wildman–Crippen MR) is 142 cm³/mol. The molecule has 0 saturated heterocycles. The van der Waals surface area contributed by atoms with Crippen LogP contribution in [0.1, 0.15) is 25.3 Å². The van der Waals surface area contributed by atoms with Gasteiger partial charge in [0.15, 0.2) is 0 Å². The SMILES string of the molecule is C#CCOc1ccc2c(c1)c(-c1ccc(C(C)C)cc1)nc(=S)n2CC1=CC2=CNSN2C=C1. The highest BCUT2D eigenvalue weighted by Gasteiger charge is 2.18. The van der Waals surface area contributed by atoms with E-state index in [9.17, 15) is 0 Å². The van der Waals surface area contributed by atoms with E-state index in [1.165, 1.54) is 5.56 Å². The molecule has 7 heteroatoms. The number of nitrogens with zero attached hydrogens (tertiary/aromatic N) is 3. The van der Waals surface area contributed by atoms with Crippen LogP contribution in [0.15, 0.2) is 78.3 Å². The number of fused-ring (bicyclic) bond motifs is 2. The standard InChI is InChI=1S/C27H24N4OS2/c1-4-13-32-23-9-10-25-24(15-23)26(21-7-5-20(6-8-21)18(2)3)29-27(33)30(25)17-19-11-12-31-22(14-19)16-28-34-31/h1,5-12,14-16,18,28H,13,17H2,2-3H3. The molecular formula is C27H24N4OS2. The van der Waals surface area contributed by atoms with Gasteiger partial charge >= 0.3 is 0 Å².